The lowest BCUT2D eigenvalue weighted by molar-refractivity contribution is 0.407. The van der Waals surface area contributed by atoms with Crippen molar-refractivity contribution in [3.63, 3.8) is 0 Å². The van der Waals surface area contributed by atoms with E-state index in [1.165, 1.54) is 0 Å². The van der Waals surface area contributed by atoms with Gasteiger partial charge in [0.1, 0.15) is 14.4 Å². The van der Waals surface area contributed by atoms with E-state index >= 15 is 0 Å². The van der Waals surface area contributed by atoms with Gasteiger partial charge in [-0.25, -0.2) is 8.42 Å². The fraction of sp³-hybridized carbons (Fsp3) is 0.625. The van der Waals surface area contributed by atoms with E-state index < -0.39 is 9.84 Å². The molecule has 78 valence electrons. The molecule has 14 heavy (non-hydrogen) atoms. The number of sulfone groups is 1. The number of hydrogen-bond acceptors (Lipinski definition) is 3. The zero-order valence-corrected chi connectivity index (χ0v) is 9.96. The molecule has 0 aliphatic carbocycles. The molecule has 0 aromatic carbocycles. The topological polar surface area (TPSA) is 52.0 Å². The van der Waals surface area contributed by atoms with Crippen molar-refractivity contribution in [1.82, 2.24) is 9.78 Å². The van der Waals surface area contributed by atoms with Crippen LogP contribution in [0.15, 0.2) is 16.9 Å². The minimum Gasteiger partial charge on any atom is -0.255 e. The first-order valence-electron chi connectivity index (χ1n) is 4.48. The summed E-state index contributed by atoms with van der Waals surface area (Å²) in [6.45, 7) is 0. The maximum absolute atomic E-state index is 11.2. The molecule has 1 fully saturated rings. The van der Waals surface area contributed by atoms with Crippen molar-refractivity contribution in [2.75, 3.05) is 11.5 Å². The Morgan fingerprint density at radius 3 is 2.57 bits per heavy atom. The molecular formula is C8H11BrN2O2S. The number of halogens is 1. The zero-order chi connectivity index (χ0) is 10.2. The Morgan fingerprint density at radius 2 is 2.07 bits per heavy atom. The van der Waals surface area contributed by atoms with Crippen molar-refractivity contribution < 1.29 is 8.42 Å². The van der Waals surface area contributed by atoms with Gasteiger partial charge < -0.3 is 0 Å². The third kappa shape index (κ3) is 2.00. The second-order valence-corrected chi connectivity index (χ2v) is 6.60. The third-order valence-electron chi connectivity index (χ3n) is 2.49. The molecule has 0 bridgehead atoms. The molecule has 0 atom stereocenters. The molecule has 2 rings (SSSR count). The molecule has 1 aromatic rings. The molecule has 0 N–H and O–H groups in total. The van der Waals surface area contributed by atoms with E-state index in [-0.39, 0.29) is 17.5 Å². The van der Waals surface area contributed by atoms with Gasteiger partial charge in [-0.3, -0.25) is 4.68 Å². The van der Waals surface area contributed by atoms with Crippen LogP contribution in [-0.4, -0.2) is 29.7 Å². The normalized spacial score (nSPS) is 22.4. The first-order chi connectivity index (χ1) is 6.58. The predicted octanol–water partition coefficient (Wildman–Crippen LogP) is 1.40. The fourth-order valence-electron chi connectivity index (χ4n) is 1.69. The number of rotatable bonds is 1. The molecule has 1 aliphatic heterocycles. The highest BCUT2D eigenvalue weighted by Crippen LogP contribution is 2.26. The Bertz CT molecular complexity index is 412. The minimum atomic E-state index is -2.78. The van der Waals surface area contributed by atoms with Gasteiger partial charge in [0.25, 0.3) is 0 Å². The molecule has 1 saturated heterocycles. The summed E-state index contributed by atoms with van der Waals surface area (Å²) in [5.74, 6) is 0.563. The van der Waals surface area contributed by atoms with Crippen LogP contribution in [-0.2, 0) is 9.84 Å². The van der Waals surface area contributed by atoms with Crippen LogP contribution in [0.3, 0.4) is 0 Å². The smallest absolute Gasteiger partial charge is 0.150 e. The molecule has 2 heterocycles. The molecule has 1 aliphatic rings. The van der Waals surface area contributed by atoms with Gasteiger partial charge in [-0.2, -0.15) is 5.10 Å². The first kappa shape index (κ1) is 10.2. The Morgan fingerprint density at radius 1 is 1.43 bits per heavy atom. The van der Waals surface area contributed by atoms with Crippen molar-refractivity contribution in [1.29, 1.82) is 0 Å². The highest BCUT2D eigenvalue weighted by Gasteiger charge is 2.25. The Kier molecular flexibility index (Phi) is 2.66. The lowest BCUT2D eigenvalue weighted by atomic mass is 10.2. The maximum Gasteiger partial charge on any atom is 0.150 e. The molecule has 1 aromatic heterocycles. The van der Waals surface area contributed by atoms with Crippen LogP contribution < -0.4 is 0 Å². The van der Waals surface area contributed by atoms with Gasteiger partial charge in [0.05, 0.1) is 23.7 Å². The van der Waals surface area contributed by atoms with Crippen LogP contribution in [0.1, 0.15) is 18.9 Å². The maximum atomic E-state index is 11.2. The minimum absolute atomic E-state index is 0.225. The van der Waals surface area contributed by atoms with Crippen molar-refractivity contribution in [3.8, 4) is 0 Å². The summed E-state index contributed by atoms with van der Waals surface area (Å²) < 4.78 is 25.2. The average Bonchev–Trinajstić information content (AvgIpc) is 2.52. The van der Waals surface area contributed by atoms with Crippen molar-refractivity contribution in [3.05, 3.63) is 16.9 Å². The molecular weight excluding hydrogens is 268 g/mol. The van der Waals surface area contributed by atoms with Gasteiger partial charge in [0.2, 0.25) is 0 Å². The molecule has 0 amide bonds. The lowest BCUT2D eigenvalue weighted by Crippen LogP contribution is -2.26. The molecule has 0 saturated carbocycles. The Labute approximate surface area is 91.4 Å². The van der Waals surface area contributed by atoms with Gasteiger partial charge in [0.15, 0.2) is 0 Å². The summed E-state index contributed by atoms with van der Waals surface area (Å²) >= 11 is 3.38. The average molecular weight is 279 g/mol. The highest BCUT2D eigenvalue weighted by atomic mass is 79.9. The number of aromatic nitrogens is 2. The van der Waals surface area contributed by atoms with Gasteiger partial charge in [-0.05, 0) is 34.8 Å². The van der Waals surface area contributed by atoms with Crippen molar-refractivity contribution in [2.45, 2.75) is 18.9 Å². The molecule has 0 unspecified atom stereocenters. The second-order valence-electron chi connectivity index (χ2n) is 3.48. The lowest BCUT2D eigenvalue weighted by Gasteiger charge is -2.22. The fourth-order valence-corrected chi connectivity index (χ4v) is 3.65. The van der Waals surface area contributed by atoms with Gasteiger partial charge in [-0.15, -0.1) is 0 Å². The van der Waals surface area contributed by atoms with Crippen LogP contribution in [0.2, 0.25) is 0 Å². The first-order valence-corrected chi connectivity index (χ1v) is 7.09. The predicted molar refractivity (Wildman–Crippen MR) is 56.9 cm³/mol. The molecule has 0 radical (unpaired) electrons. The largest absolute Gasteiger partial charge is 0.255 e. The summed E-state index contributed by atoms with van der Waals surface area (Å²) in [7, 11) is -2.78. The number of hydrogen-bond donors (Lipinski definition) is 0. The van der Waals surface area contributed by atoms with E-state index in [4.69, 9.17) is 0 Å². The third-order valence-corrected chi connectivity index (χ3v) is 4.84. The highest BCUT2D eigenvalue weighted by molar-refractivity contribution is 9.10. The summed E-state index contributed by atoms with van der Waals surface area (Å²) in [5.41, 5.74) is 0. The van der Waals surface area contributed by atoms with E-state index in [2.05, 4.69) is 21.0 Å². The van der Waals surface area contributed by atoms with Crippen molar-refractivity contribution >= 4 is 25.8 Å². The van der Waals surface area contributed by atoms with E-state index in [0.29, 0.717) is 12.8 Å². The molecule has 0 spiro atoms. The van der Waals surface area contributed by atoms with Gasteiger partial charge >= 0.3 is 0 Å². The summed E-state index contributed by atoms with van der Waals surface area (Å²) in [6.07, 6.45) is 3.05. The monoisotopic (exact) mass is 278 g/mol. The van der Waals surface area contributed by atoms with E-state index in [1.54, 1.807) is 6.20 Å². The van der Waals surface area contributed by atoms with Crippen LogP contribution >= 0.6 is 15.9 Å². The van der Waals surface area contributed by atoms with Crippen molar-refractivity contribution in [2.24, 2.45) is 0 Å². The number of nitrogens with zero attached hydrogens (tertiary/aromatic N) is 2. The molecule has 6 heteroatoms. The summed E-state index contributed by atoms with van der Waals surface area (Å²) in [6, 6.07) is 2.09. The van der Waals surface area contributed by atoms with Crippen LogP contribution in [0.25, 0.3) is 0 Å². The van der Waals surface area contributed by atoms with Gasteiger partial charge in [0, 0.05) is 0 Å². The van der Waals surface area contributed by atoms with Crippen LogP contribution in [0.4, 0.5) is 0 Å². The van der Waals surface area contributed by atoms with E-state index in [9.17, 15) is 8.42 Å². The Balaban J connectivity index is 2.13. The van der Waals surface area contributed by atoms with E-state index in [0.717, 1.165) is 4.60 Å². The summed E-state index contributed by atoms with van der Waals surface area (Å²) in [4.78, 5) is 0. The van der Waals surface area contributed by atoms with Crippen LogP contribution in [0, 0.1) is 0 Å². The van der Waals surface area contributed by atoms with Crippen LogP contribution in [0.5, 0.6) is 0 Å². The quantitative estimate of drug-likeness (QED) is 0.780. The second kappa shape index (κ2) is 3.66. The summed E-state index contributed by atoms with van der Waals surface area (Å²) in [5, 5.41) is 4.16. The standard InChI is InChI=1S/C8H11BrN2O2S/c9-8-1-4-10-11(8)7-2-5-14(12,13)6-3-7/h1,4,7H,2-3,5-6H2. The van der Waals surface area contributed by atoms with E-state index in [1.807, 2.05) is 10.7 Å². The SMILES string of the molecule is O=S1(=O)CCC(n2nccc2Br)CC1. The van der Waals surface area contributed by atoms with Gasteiger partial charge in [-0.1, -0.05) is 0 Å². The Hall–Kier alpha value is -0.360. The zero-order valence-electron chi connectivity index (χ0n) is 7.56. The molecule has 4 nitrogen and oxygen atoms in total.